The fourth-order valence-electron chi connectivity index (χ4n) is 2.46. The Morgan fingerprint density at radius 2 is 1.88 bits per heavy atom. The first-order chi connectivity index (χ1) is 11.6. The maximum atomic E-state index is 12.2. The number of thioether (sulfide) groups is 1. The number of rotatable bonds is 2. The molecule has 0 spiro atoms. The Morgan fingerprint density at radius 1 is 1.12 bits per heavy atom. The molecule has 1 heterocycles. The van der Waals surface area contributed by atoms with Gasteiger partial charge in [-0.15, -0.1) is 0 Å². The minimum absolute atomic E-state index is 0.0239. The summed E-state index contributed by atoms with van der Waals surface area (Å²) >= 11 is 1.21. The molecule has 4 nitrogen and oxygen atoms in total. The maximum absolute atomic E-state index is 12.2. The number of carbonyl (C=O) groups is 1. The lowest BCUT2D eigenvalue weighted by molar-refractivity contribution is -0.344. The van der Waals surface area contributed by atoms with Crippen molar-refractivity contribution in [3.05, 3.63) is 60.3 Å². The first kappa shape index (κ1) is 16.0. The number of aromatic nitrogens is 1. The lowest BCUT2D eigenvalue weighted by atomic mass is 9.99. The summed E-state index contributed by atoms with van der Waals surface area (Å²) in [6.07, 6.45) is 1.88. The Kier molecular flexibility index (Phi) is 4.50. The van der Waals surface area contributed by atoms with E-state index in [2.05, 4.69) is 11.1 Å². The number of hydrogen-bond acceptors (Lipinski definition) is 3. The van der Waals surface area contributed by atoms with E-state index >= 15 is 0 Å². The van der Waals surface area contributed by atoms with Crippen LogP contribution in [-0.2, 0) is 0 Å². The highest BCUT2D eigenvalue weighted by Crippen LogP contribution is 2.37. The molecule has 0 radical (unpaired) electrons. The second-order valence-corrected chi connectivity index (χ2v) is 6.51. The molecule has 0 fully saturated rings. The van der Waals surface area contributed by atoms with E-state index in [1.165, 1.54) is 11.8 Å². The number of pyridine rings is 1. The van der Waals surface area contributed by atoms with Crippen molar-refractivity contribution in [2.75, 3.05) is 14.1 Å². The van der Waals surface area contributed by atoms with Crippen molar-refractivity contribution < 1.29 is 9.78 Å². The van der Waals surface area contributed by atoms with Crippen LogP contribution in [0.5, 0.6) is 0 Å². The molecule has 2 aromatic carbocycles. The predicted octanol–water partition coefficient (Wildman–Crippen LogP) is 3.97. The molecule has 5 heteroatoms. The topological polar surface area (TPSA) is 58.2 Å². The van der Waals surface area contributed by atoms with Gasteiger partial charge in [0.05, 0.1) is 17.0 Å². The third-order valence-electron chi connectivity index (χ3n) is 3.67. The van der Waals surface area contributed by atoms with Crippen LogP contribution >= 0.6 is 11.8 Å². The van der Waals surface area contributed by atoms with Crippen LogP contribution in [0.15, 0.2) is 59.6 Å². The van der Waals surface area contributed by atoms with Gasteiger partial charge in [-0.05, 0) is 41.6 Å². The van der Waals surface area contributed by atoms with E-state index in [1.807, 2.05) is 42.6 Å². The molecule has 3 rings (SSSR count). The summed E-state index contributed by atoms with van der Waals surface area (Å²) in [6, 6.07) is 17.5. The number of benzene rings is 2. The van der Waals surface area contributed by atoms with Crippen LogP contribution < -0.4 is 4.98 Å². The number of hydrogen-bond donors (Lipinski definition) is 0. The molecule has 1 amide bonds. The van der Waals surface area contributed by atoms with Crippen molar-refractivity contribution in [2.45, 2.75) is 4.90 Å². The molecule has 0 unspecified atom stereocenters. The third-order valence-corrected chi connectivity index (χ3v) is 4.77. The van der Waals surface area contributed by atoms with Crippen molar-refractivity contribution in [3.8, 4) is 17.2 Å². The fraction of sp³-hybridized carbons (Fsp3) is 0.105. The third kappa shape index (κ3) is 3.10. The van der Waals surface area contributed by atoms with Gasteiger partial charge >= 0.3 is 0 Å². The standard InChI is InChI=1S/C19H15N3OS/c1-22(2)19(23)24-17-10-9-16-15(4-3-11-21-16)18(17)14-7-5-13(12-20)6-8-14/h3-11H,1-2H3/p+1. The number of carbonyl (C=O) groups excluding carboxylic acids is 1. The Balaban J connectivity index is 2.20. The highest BCUT2D eigenvalue weighted by Gasteiger charge is 2.17. The van der Waals surface area contributed by atoms with Gasteiger partial charge in [0, 0.05) is 36.7 Å². The monoisotopic (exact) mass is 334 g/mol. The highest BCUT2D eigenvalue weighted by molar-refractivity contribution is 8.13. The smallest absolute Gasteiger partial charge is 0.285 e. The summed E-state index contributed by atoms with van der Waals surface area (Å²) in [6.45, 7) is 0. The Bertz CT molecular complexity index is 943. The first-order valence-corrected chi connectivity index (χ1v) is 8.25. The van der Waals surface area contributed by atoms with E-state index < -0.39 is 0 Å². The molecular formula is C19H16N3OS+. The van der Waals surface area contributed by atoms with Crippen LogP contribution in [0.3, 0.4) is 0 Å². The predicted molar refractivity (Wildman–Crippen MR) is 95.6 cm³/mol. The molecule has 1 aromatic heterocycles. The molecular weight excluding hydrogens is 318 g/mol. The first-order valence-electron chi connectivity index (χ1n) is 7.43. The second-order valence-electron chi connectivity index (χ2n) is 5.52. The number of H-pyrrole nitrogens is 1. The molecule has 118 valence electrons. The number of amides is 1. The van der Waals surface area contributed by atoms with Gasteiger partial charge in [-0.3, -0.25) is 4.79 Å². The zero-order valence-corrected chi connectivity index (χ0v) is 14.2. The van der Waals surface area contributed by atoms with Crippen LogP contribution in [0, 0.1) is 11.3 Å². The minimum Gasteiger partial charge on any atom is -0.339 e. The van der Waals surface area contributed by atoms with E-state index in [-0.39, 0.29) is 5.24 Å². The molecule has 0 saturated heterocycles. The zero-order valence-electron chi connectivity index (χ0n) is 13.4. The van der Waals surface area contributed by atoms with Crippen molar-refractivity contribution in [3.63, 3.8) is 0 Å². The summed E-state index contributed by atoms with van der Waals surface area (Å²) in [5.74, 6) is 0. The quantitative estimate of drug-likeness (QED) is 0.666. The molecule has 0 bridgehead atoms. The maximum Gasteiger partial charge on any atom is 0.285 e. The van der Waals surface area contributed by atoms with E-state index in [9.17, 15) is 4.79 Å². The normalized spacial score (nSPS) is 10.4. The largest absolute Gasteiger partial charge is 0.339 e. The molecule has 0 atom stereocenters. The molecule has 0 aliphatic heterocycles. The molecule has 0 aliphatic carbocycles. The number of nitrogens with one attached hydrogen (secondary N) is 1. The van der Waals surface area contributed by atoms with Gasteiger partial charge in [0.25, 0.3) is 5.24 Å². The molecule has 0 aliphatic rings. The van der Waals surface area contributed by atoms with Gasteiger partial charge < -0.3 is 4.90 Å². The summed E-state index contributed by atoms with van der Waals surface area (Å²) in [4.78, 5) is 17.9. The van der Waals surface area contributed by atoms with Crippen LogP contribution in [0.2, 0.25) is 0 Å². The summed E-state index contributed by atoms with van der Waals surface area (Å²) in [7, 11) is 3.48. The second kappa shape index (κ2) is 6.73. The number of nitriles is 1. The van der Waals surface area contributed by atoms with Gasteiger partial charge in [-0.2, -0.15) is 5.26 Å². The van der Waals surface area contributed by atoms with E-state index in [0.29, 0.717) is 5.56 Å². The summed E-state index contributed by atoms with van der Waals surface area (Å²) in [5, 5.41) is 10.0. The van der Waals surface area contributed by atoms with Crippen LogP contribution in [0.1, 0.15) is 5.56 Å². The summed E-state index contributed by atoms with van der Waals surface area (Å²) in [5.41, 5.74) is 3.59. The van der Waals surface area contributed by atoms with Gasteiger partial charge in [0.1, 0.15) is 0 Å². The molecule has 3 aromatic rings. The van der Waals surface area contributed by atoms with Gasteiger partial charge in [0.2, 0.25) is 5.52 Å². The number of aromatic amines is 1. The Hall–Kier alpha value is -2.84. The van der Waals surface area contributed by atoms with Crippen molar-refractivity contribution in [1.29, 1.82) is 5.26 Å². The van der Waals surface area contributed by atoms with E-state index in [1.54, 1.807) is 31.1 Å². The molecule has 24 heavy (non-hydrogen) atoms. The Labute approximate surface area is 144 Å². The minimum atomic E-state index is -0.0239. The highest BCUT2D eigenvalue weighted by atomic mass is 32.2. The summed E-state index contributed by atoms with van der Waals surface area (Å²) < 4.78 is 0. The van der Waals surface area contributed by atoms with Crippen molar-refractivity contribution in [2.24, 2.45) is 0 Å². The average Bonchev–Trinajstić information content (AvgIpc) is 2.61. The molecule has 1 N–H and O–H groups in total. The van der Waals surface area contributed by atoms with Gasteiger partial charge in [-0.25, -0.2) is 4.98 Å². The molecule has 0 saturated carbocycles. The fourth-order valence-corrected chi connectivity index (χ4v) is 3.30. The van der Waals surface area contributed by atoms with Crippen molar-refractivity contribution in [1.82, 2.24) is 4.90 Å². The lowest BCUT2D eigenvalue weighted by Crippen LogP contribution is -2.16. The lowest BCUT2D eigenvalue weighted by Gasteiger charge is -2.13. The van der Waals surface area contributed by atoms with E-state index in [4.69, 9.17) is 5.26 Å². The average molecular weight is 334 g/mol. The Morgan fingerprint density at radius 3 is 2.54 bits per heavy atom. The van der Waals surface area contributed by atoms with Crippen LogP contribution in [0.4, 0.5) is 4.79 Å². The van der Waals surface area contributed by atoms with Crippen LogP contribution in [-0.4, -0.2) is 24.2 Å². The zero-order chi connectivity index (χ0) is 17.1. The van der Waals surface area contributed by atoms with E-state index in [0.717, 1.165) is 26.9 Å². The van der Waals surface area contributed by atoms with Gasteiger partial charge in [0.15, 0.2) is 6.20 Å². The van der Waals surface area contributed by atoms with Crippen LogP contribution in [0.25, 0.3) is 22.0 Å². The van der Waals surface area contributed by atoms with Crippen molar-refractivity contribution >= 4 is 27.9 Å². The SMILES string of the molecule is CN(C)C(=O)Sc1ccc2[nH+]cccc2c1-c1ccc(C#N)cc1. The number of fused-ring (bicyclic) bond motifs is 1. The number of nitrogens with zero attached hydrogens (tertiary/aromatic N) is 2. The van der Waals surface area contributed by atoms with Gasteiger partial charge in [-0.1, -0.05) is 12.1 Å².